The van der Waals surface area contributed by atoms with E-state index in [2.05, 4.69) is 166 Å². The number of anilines is 1. The molecule has 2 aliphatic rings. The lowest BCUT2D eigenvalue weighted by Gasteiger charge is -2.27. The quantitative estimate of drug-likeness (QED) is 0.0413. The van der Waals surface area contributed by atoms with E-state index in [0.717, 1.165) is 25.9 Å². The number of fused-ring (bicyclic) bond motifs is 2. The molecule has 2 aromatic rings. The van der Waals surface area contributed by atoms with E-state index in [1.54, 1.807) is 0 Å². The fourth-order valence-corrected chi connectivity index (χ4v) is 9.51. The molecule has 66 heavy (non-hydrogen) atoms. The van der Waals surface area contributed by atoms with Crippen LogP contribution in [0.15, 0.2) is 121 Å². The summed E-state index contributed by atoms with van der Waals surface area (Å²) in [6.07, 6.45) is 57.0. The fraction of sp³-hybridized carbons (Fsp3) is 0.576. The maximum absolute atomic E-state index is 8.49. The molecule has 366 valence electrons. The van der Waals surface area contributed by atoms with Crippen molar-refractivity contribution in [3.8, 4) is 0 Å². The first-order valence-electron chi connectivity index (χ1n) is 26.1. The average Bonchev–Trinajstić information content (AvgIpc) is 3.63. The highest BCUT2D eigenvalue weighted by atomic mass is 35.7. The number of hydrogen-bond acceptors (Lipinski definition) is 5. The summed E-state index contributed by atoms with van der Waals surface area (Å²) in [5.41, 5.74) is 8.50. The van der Waals surface area contributed by atoms with Crippen LogP contribution in [0.3, 0.4) is 0 Å². The van der Waals surface area contributed by atoms with Crippen LogP contribution in [-0.2, 0) is 10.8 Å². The summed E-state index contributed by atoms with van der Waals surface area (Å²) in [5.74, 6) is 0. The second kappa shape index (κ2) is 32.3. The van der Waals surface area contributed by atoms with Gasteiger partial charge in [-0.3, -0.25) is 0 Å². The van der Waals surface area contributed by atoms with Gasteiger partial charge in [0.15, 0.2) is 5.71 Å². The molecule has 2 aromatic carbocycles. The summed E-state index contributed by atoms with van der Waals surface area (Å²) in [6, 6.07) is 18.3. The van der Waals surface area contributed by atoms with Gasteiger partial charge in [0.1, 0.15) is 6.54 Å². The van der Waals surface area contributed by atoms with E-state index in [9.17, 15) is 0 Å². The number of allylic oxidation sites excluding steroid dienone is 12. The van der Waals surface area contributed by atoms with Gasteiger partial charge in [-0.15, -0.1) is 10.2 Å². The zero-order chi connectivity index (χ0) is 47.9. The lowest BCUT2D eigenvalue weighted by molar-refractivity contribution is -2.00. The second-order valence-corrected chi connectivity index (χ2v) is 20.2. The number of nitrogens with zero attached hydrogens (tertiary/aromatic N) is 2. The standard InChI is InChI=1S/C59H89N2.ClHO4/c1-7-9-11-13-15-17-19-21-23-25-27-29-31-33-35-41-50-60-54-46-39-37-44-52(54)58(3,4)56(60)48-43-49-57-59(5,6)53-45-38-40-47-55(53)61(57)51-42-36-34-32-30-28-26-24-22-20-18-16-14-12-10-8-2;2-1(3,4)5/h15-18,21-24,37-40,43-49H,7-14,19-20,25-36,41-42,50-51H2,1-6H3;(H,2,3,4,5)/q+1;/p-1/b17-15-,18-16-,23-21-,24-22-;. The Morgan fingerprint density at radius 2 is 0.955 bits per heavy atom. The van der Waals surface area contributed by atoms with Crippen LogP contribution in [0.25, 0.3) is 0 Å². The summed E-state index contributed by atoms with van der Waals surface area (Å²) in [6.45, 7) is 16.4. The number of benzene rings is 2. The zero-order valence-corrected chi connectivity index (χ0v) is 43.0. The molecule has 4 rings (SSSR count). The van der Waals surface area contributed by atoms with Crippen molar-refractivity contribution in [2.24, 2.45) is 0 Å². The molecule has 0 N–H and O–H groups in total. The highest BCUT2D eigenvalue weighted by Gasteiger charge is 2.44. The van der Waals surface area contributed by atoms with Gasteiger partial charge >= 0.3 is 0 Å². The second-order valence-electron chi connectivity index (χ2n) is 19.4. The van der Waals surface area contributed by atoms with Crippen LogP contribution in [0.2, 0.25) is 0 Å². The van der Waals surface area contributed by atoms with Gasteiger partial charge < -0.3 is 4.90 Å². The minimum atomic E-state index is -4.94. The summed E-state index contributed by atoms with van der Waals surface area (Å²) >= 11 is 0. The van der Waals surface area contributed by atoms with Crippen LogP contribution in [0.5, 0.6) is 0 Å². The number of unbranched alkanes of at least 4 members (excludes halogenated alkanes) is 18. The molecular formula is C59H89ClN2O4. The van der Waals surface area contributed by atoms with E-state index in [1.165, 1.54) is 175 Å². The molecule has 0 atom stereocenters. The van der Waals surface area contributed by atoms with Crippen molar-refractivity contribution in [3.05, 3.63) is 132 Å². The maximum atomic E-state index is 8.49. The van der Waals surface area contributed by atoms with Gasteiger partial charge in [0.05, 0.1) is 5.41 Å². The molecule has 0 radical (unpaired) electrons. The topological polar surface area (TPSA) is 98.5 Å². The molecule has 0 fully saturated rings. The van der Waals surface area contributed by atoms with Crippen molar-refractivity contribution in [1.29, 1.82) is 0 Å². The van der Waals surface area contributed by atoms with Gasteiger partial charge in [-0.2, -0.15) is 4.58 Å². The Labute approximate surface area is 405 Å². The molecule has 2 heterocycles. The van der Waals surface area contributed by atoms with Crippen molar-refractivity contribution in [2.75, 3.05) is 18.0 Å². The van der Waals surface area contributed by atoms with Crippen LogP contribution in [0.1, 0.15) is 207 Å². The molecule has 0 amide bonds. The normalized spacial score (nSPS) is 16.3. The monoisotopic (exact) mass is 925 g/mol. The number of halogens is 1. The van der Waals surface area contributed by atoms with E-state index in [-0.39, 0.29) is 10.8 Å². The molecule has 7 heteroatoms. The number of hydrogen-bond donors (Lipinski definition) is 0. The predicted molar refractivity (Wildman–Crippen MR) is 272 cm³/mol. The Morgan fingerprint density at radius 3 is 1.48 bits per heavy atom. The van der Waals surface area contributed by atoms with Gasteiger partial charge in [-0.25, -0.2) is 18.6 Å². The van der Waals surface area contributed by atoms with Gasteiger partial charge in [0.2, 0.25) is 5.69 Å². The molecule has 0 bridgehead atoms. The Hall–Kier alpha value is -3.52. The fourth-order valence-electron chi connectivity index (χ4n) is 9.51. The third kappa shape index (κ3) is 21.2. The van der Waals surface area contributed by atoms with Gasteiger partial charge in [0.25, 0.3) is 0 Å². The number of para-hydroxylation sites is 2. The SMILES string of the molecule is CCCCC/C=C\C/C=C\CCCCCCCCN1/C(=C/C=C/C2=[N+](CCCCCCCC/C=C\C/C=C\CCCCC)c3ccccc3C2(C)C)C(C)(C)c2ccccc21.[O-][Cl+3]([O-])([O-])[O-]. The summed E-state index contributed by atoms with van der Waals surface area (Å²) in [7, 11) is -4.94. The van der Waals surface area contributed by atoms with E-state index in [1.807, 2.05) is 0 Å². The largest absolute Gasteiger partial charge is 0.344 e. The first kappa shape index (κ1) is 56.8. The Morgan fingerprint density at radius 1 is 0.515 bits per heavy atom. The van der Waals surface area contributed by atoms with Crippen molar-refractivity contribution < 1.29 is 33.5 Å². The molecule has 0 aromatic heterocycles. The summed E-state index contributed by atoms with van der Waals surface area (Å²) in [5, 5.41) is 0. The molecule has 6 nitrogen and oxygen atoms in total. The Bertz CT molecular complexity index is 1850. The minimum absolute atomic E-state index is 0.0288. The molecular weight excluding hydrogens is 836 g/mol. The molecule has 0 saturated carbocycles. The zero-order valence-electron chi connectivity index (χ0n) is 42.3. The Balaban J connectivity index is 0.00000219. The van der Waals surface area contributed by atoms with Gasteiger partial charge in [-0.05, 0) is 109 Å². The van der Waals surface area contributed by atoms with E-state index < -0.39 is 10.2 Å². The molecule has 0 saturated heterocycles. The predicted octanol–water partition coefficient (Wildman–Crippen LogP) is 13.2. The average molecular weight is 926 g/mol. The third-order valence-electron chi connectivity index (χ3n) is 13.3. The lowest BCUT2D eigenvalue weighted by atomic mass is 9.81. The van der Waals surface area contributed by atoms with Crippen LogP contribution in [0.4, 0.5) is 11.4 Å². The van der Waals surface area contributed by atoms with E-state index >= 15 is 0 Å². The van der Waals surface area contributed by atoms with Crippen LogP contribution in [-0.4, -0.2) is 23.4 Å². The minimum Gasteiger partial charge on any atom is -0.344 e. The van der Waals surface area contributed by atoms with Crippen molar-refractivity contribution in [1.82, 2.24) is 0 Å². The van der Waals surface area contributed by atoms with Crippen LogP contribution in [0, 0.1) is 10.2 Å². The first-order chi connectivity index (χ1) is 31.8. The van der Waals surface area contributed by atoms with E-state index in [4.69, 9.17) is 18.6 Å². The van der Waals surface area contributed by atoms with Crippen LogP contribution < -0.4 is 23.5 Å². The molecule has 0 unspecified atom stereocenters. The maximum Gasteiger partial charge on any atom is 0.209 e. The summed E-state index contributed by atoms with van der Waals surface area (Å²) < 4.78 is 36.6. The van der Waals surface area contributed by atoms with Gasteiger partial charge in [0, 0.05) is 47.5 Å². The molecule has 2 aliphatic heterocycles. The van der Waals surface area contributed by atoms with Crippen LogP contribution >= 0.6 is 0 Å². The van der Waals surface area contributed by atoms with Gasteiger partial charge in [-0.1, -0.05) is 189 Å². The van der Waals surface area contributed by atoms with E-state index in [0.29, 0.717) is 0 Å². The highest BCUT2D eigenvalue weighted by molar-refractivity contribution is 6.03. The third-order valence-corrected chi connectivity index (χ3v) is 13.3. The van der Waals surface area contributed by atoms with Crippen molar-refractivity contribution in [2.45, 2.75) is 206 Å². The van der Waals surface area contributed by atoms with Crippen molar-refractivity contribution in [3.63, 3.8) is 0 Å². The smallest absolute Gasteiger partial charge is 0.209 e. The lowest BCUT2D eigenvalue weighted by Crippen LogP contribution is -2.68. The highest BCUT2D eigenvalue weighted by Crippen LogP contribution is 2.48. The summed E-state index contributed by atoms with van der Waals surface area (Å²) in [4.78, 5) is 2.64. The number of rotatable bonds is 32. The Kier molecular flexibility index (Phi) is 27.8. The van der Waals surface area contributed by atoms with Crippen molar-refractivity contribution >= 4 is 17.1 Å². The molecule has 0 aliphatic carbocycles. The molecule has 0 spiro atoms. The first-order valence-corrected chi connectivity index (χ1v) is 27.3.